The van der Waals surface area contributed by atoms with Crippen LogP contribution in [0, 0.1) is 0 Å². The van der Waals surface area contributed by atoms with Crippen LogP contribution >= 0.6 is 0 Å². The minimum absolute atomic E-state index is 0.0168. The molecule has 132 valence electrons. The summed E-state index contributed by atoms with van der Waals surface area (Å²) in [5.41, 5.74) is 0.646. The molecule has 25 heavy (non-hydrogen) atoms. The van der Waals surface area contributed by atoms with Crippen LogP contribution in [0.25, 0.3) is 10.9 Å². The van der Waals surface area contributed by atoms with Gasteiger partial charge in [0.05, 0.1) is 16.9 Å². The monoisotopic (exact) mass is 340 g/mol. The number of nitrogens with zero attached hydrogens (tertiary/aromatic N) is 3. The summed E-state index contributed by atoms with van der Waals surface area (Å²) in [5.74, 6) is 0.683. The zero-order valence-corrected chi connectivity index (χ0v) is 14.6. The van der Waals surface area contributed by atoms with Crippen molar-refractivity contribution in [1.29, 1.82) is 0 Å². The number of rotatable bonds is 2. The van der Waals surface area contributed by atoms with Crippen molar-refractivity contribution in [3.63, 3.8) is 0 Å². The molecule has 1 unspecified atom stereocenters. The summed E-state index contributed by atoms with van der Waals surface area (Å²) in [4.78, 5) is 32.0. The van der Waals surface area contributed by atoms with E-state index in [4.69, 9.17) is 4.98 Å². The Labute approximate surface area is 146 Å². The molecular weight excluding hydrogens is 316 g/mol. The molecule has 0 bridgehead atoms. The van der Waals surface area contributed by atoms with Crippen molar-refractivity contribution in [2.45, 2.75) is 50.6 Å². The molecule has 1 aliphatic heterocycles. The first-order valence-electron chi connectivity index (χ1n) is 9.18. The average molecular weight is 340 g/mol. The van der Waals surface area contributed by atoms with Gasteiger partial charge in [0.1, 0.15) is 5.82 Å². The molecule has 2 aromatic rings. The number of nitrogens with one attached hydrogen (secondary N) is 1. The fourth-order valence-electron chi connectivity index (χ4n) is 4.14. The third-order valence-corrected chi connectivity index (χ3v) is 5.51. The van der Waals surface area contributed by atoms with Crippen LogP contribution in [0.2, 0.25) is 0 Å². The predicted octanol–water partition coefficient (Wildman–Crippen LogP) is 2.72. The summed E-state index contributed by atoms with van der Waals surface area (Å²) in [7, 11) is 1.75. The number of fused-ring (bicyclic) bond motifs is 1. The van der Waals surface area contributed by atoms with Crippen molar-refractivity contribution in [1.82, 2.24) is 19.8 Å². The van der Waals surface area contributed by atoms with Crippen molar-refractivity contribution in [2.24, 2.45) is 7.05 Å². The number of para-hydroxylation sites is 1. The molecule has 0 radical (unpaired) electrons. The van der Waals surface area contributed by atoms with Crippen LogP contribution in [-0.4, -0.2) is 33.1 Å². The van der Waals surface area contributed by atoms with Gasteiger partial charge in [-0.2, -0.15) is 0 Å². The lowest BCUT2D eigenvalue weighted by atomic mass is 10.1. The second kappa shape index (κ2) is 6.50. The Morgan fingerprint density at radius 1 is 1.16 bits per heavy atom. The molecular formula is C19H24N4O2. The maximum atomic E-state index is 12.7. The molecule has 2 amide bonds. The molecule has 6 heteroatoms. The minimum Gasteiger partial charge on any atom is -0.335 e. The van der Waals surface area contributed by atoms with E-state index in [9.17, 15) is 9.59 Å². The van der Waals surface area contributed by atoms with E-state index in [0.717, 1.165) is 25.7 Å². The quantitative estimate of drug-likeness (QED) is 0.914. The molecule has 1 aliphatic carbocycles. The van der Waals surface area contributed by atoms with E-state index in [0.29, 0.717) is 29.3 Å². The zero-order chi connectivity index (χ0) is 17.4. The first-order chi connectivity index (χ1) is 12.1. The topological polar surface area (TPSA) is 67.2 Å². The summed E-state index contributed by atoms with van der Waals surface area (Å²) in [6, 6.07) is 7.54. The van der Waals surface area contributed by atoms with E-state index in [1.165, 1.54) is 12.8 Å². The zero-order valence-electron chi connectivity index (χ0n) is 14.6. The molecule has 1 aromatic heterocycles. The number of benzene rings is 1. The number of carbonyl (C=O) groups excluding carboxylic acids is 1. The Bertz CT molecular complexity index is 854. The van der Waals surface area contributed by atoms with Gasteiger partial charge in [0.2, 0.25) is 0 Å². The van der Waals surface area contributed by atoms with Gasteiger partial charge >= 0.3 is 6.03 Å². The highest BCUT2D eigenvalue weighted by molar-refractivity contribution is 5.78. The maximum absolute atomic E-state index is 12.7. The van der Waals surface area contributed by atoms with E-state index in [1.54, 1.807) is 17.7 Å². The highest BCUT2D eigenvalue weighted by Crippen LogP contribution is 2.31. The standard InChI is InChI=1S/C19H24N4O2/c1-22-17(21-15-10-5-4-9-14(15)18(22)24)16-11-6-12-23(16)19(25)20-13-7-2-3-8-13/h4-5,9-10,13,16H,2-3,6-8,11-12H2,1H3,(H,20,25). The summed E-state index contributed by atoms with van der Waals surface area (Å²) in [5, 5.41) is 3.78. The Morgan fingerprint density at radius 3 is 2.72 bits per heavy atom. The van der Waals surface area contributed by atoms with E-state index >= 15 is 0 Å². The van der Waals surface area contributed by atoms with E-state index < -0.39 is 0 Å². The van der Waals surface area contributed by atoms with Crippen molar-refractivity contribution >= 4 is 16.9 Å². The molecule has 1 atom stereocenters. The van der Waals surface area contributed by atoms with E-state index in [2.05, 4.69) is 5.32 Å². The lowest BCUT2D eigenvalue weighted by Crippen LogP contribution is -2.44. The molecule has 4 rings (SSSR count). The first kappa shape index (κ1) is 16.1. The van der Waals surface area contributed by atoms with Gasteiger partial charge in [0.25, 0.3) is 5.56 Å². The van der Waals surface area contributed by atoms with Gasteiger partial charge in [-0.1, -0.05) is 25.0 Å². The van der Waals surface area contributed by atoms with Crippen LogP contribution in [0.5, 0.6) is 0 Å². The summed E-state index contributed by atoms with van der Waals surface area (Å²) in [6.45, 7) is 0.714. The normalized spacial score (nSPS) is 21.2. The van der Waals surface area contributed by atoms with Crippen LogP contribution in [0.1, 0.15) is 50.4 Å². The van der Waals surface area contributed by atoms with Crippen molar-refractivity contribution < 1.29 is 4.79 Å². The van der Waals surface area contributed by atoms with Gasteiger partial charge in [-0.05, 0) is 37.8 Å². The van der Waals surface area contributed by atoms with E-state index in [-0.39, 0.29) is 17.6 Å². The Hall–Kier alpha value is -2.37. The molecule has 1 saturated heterocycles. The van der Waals surface area contributed by atoms with E-state index in [1.807, 2.05) is 23.1 Å². The Kier molecular flexibility index (Phi) is 4.19. The summed E-state index contributed by atoms with van der Waals surface area (Å²) in [6.07, 6.45) is 6.29. The molecule has 2 heterocycles. The SMILES string of the molecule is Cn1c(C2CCCN2C(=O)NC2CCCC2)nc2ccccc2c1=O. The second-order valence-electron chi connectivity index (χ2n) is 7.13. The van der Waals surface area contributed by atoms with Gasteiger partial charge in [-0.15, -0.1) is 0 Å². The van der Waals surface area contributed by atoms with Gasteiger partial charge in [-0.3, -0.25) is 9.36 Å². The van der Waals surface area contributed by atoms with Crippen LogP contribution in [0.4, 0.5) is 4.79 Å². The molecule has 2 aliphatic rings. The second-order valence-corrected chi connectivity index (χ2v) is 7.13. The van der Waals surface area contributed by atoms with Crippen LogP contribution in [0.3, 0.4) is 0 Å². The Balaban J connectivity index is 1.66. The molecule has 2 fully saturated rings. The minimum atomic E-state index is -0.135. The first-order valence-corrected chi connectivity index (χ1v) is 9.18. The fourth-order valence-corrected chi connectivity index (χ4v) is 4.14. The Morgan fingerprint density at radius 2 is 1.92 bits per heavy atom. The number of amides is 2. The highest BCUT2D eigenvalue weighted by Gasteiger charge is 2.34. The van der Waals surface area contributed by atoms with Crippen molar-refractivity contribution in [2.75, 3.05) is 6.54 Å². The average Bonchev–Trinajstić information content (AvgIpc) is 3.29. The predicted molar refractivity (Wildman–Crippen MR) is 96.5 cm³/mol. The van der Waals surface area contributed by atoms with Crippen LogP contribution in [-0.2, 0) is 7.05 Å². The lowest BCUT2D eigenvalue weighted by molar-refractivity contribution is 0.186. The van der Waals surface area contributed by atoms with Crippen molar-refractivity contribution in [3.05, 3.63) is 40.4 Å². The fraction of sp³-hybridized carbons (Fsp3) is 0.526. The molecule has 1 aromatic carbocycles. The third-order valence-electron chi connectivity index (χ3n) is 5.51. The number of aromatic nitrogens is 2. The molecule has 6 nitrogen and oxygen atoms in total. The summed E-state index contributed by atoms with van der Waals surface area (Å²) < 4.78 is 1.61. The number of hydrogen-bond donors (Lipinski definition) is 1. The summed E-state index contributed by atoms with van der Waals surface area (Å²) >= 11 is 0. The maximum Gasteiger partial charge on any atom is 0.318 e. The lowest BCUT2D eigenvalue weighted by Gasteiger charge is -2.27. The number of hydrogen-bond acceptors (Lipinski definition) is 3. The highest BCUT2D eigenvalue weighted by atomic mass is 16.2. The molecule has 1 saturated carbocycles. The van der Waals surface area contributed by atoms with Crippen LogP contribution in [0.15, 0.2) is 29.1 Å². The largest absolute Gasteiger partial charge is 0.335 e. The van der Waals surface area contributed by atoms with Gasteiger partial charge in [0, 0.05) is 19.6 Å². The molecule has 1 N–H and O–H groups in total. The van der Waals surface area contributed by atoms with Gasteiger partial charge in [0.15, 0.2) is 0 Å². The van der Waals surface area contributed by atoms with Crippen molar-refractivity contribution in [3.8, 4) is 0 Å². The third kappa shape index (κ3) is 2.90. The number of carbonyl (C=O) groups is 1. The van der Waals surface area contributed by atoms with Crippen LogP contribution < -0.4 is 10.9 Å². The number of likely N-dealkylation sites (tertiary alicyclic amines) is 1. The van der Waals surface area contributed by atoms with Gasteiger partial charge in [-0.25, -0.2) is 9.78 Å². The number of urea groups is 1. The smallest absolute Gasteiger partial charge is 0.318 e. The van der Waals surface area contributed by atoms with Gasteiger partial charge < -0.3 is 10.2 Å². The molecule has 0 spiro atoms.